The quantitative estimate of drug-likeness (QED) is 0.0771. The van der Waals surface area contributed by atoms with Crippen LogP contribution in [0.2, 0.25) is 0 Å². The summed E-state index contributed by atoms with van der Waals surface area (Å²) in [5.41, 5.74) is 9.26. The summed E-state index contributed by atoms with van der Waals surface area (Å²) in [4.78, 5) is 18.8. The lowest BCUT2D eigenvalue weighted by Gasteiger charge is -2.26. The van der Waals surface area contributed by atoms with Crippen molar-refractivity contribution in [2.24, 2.45) is 0 Å². The Morgan fingerprint density at radius 2 is 1.38 bits per heavy atom. The molecular weight excluding hydrogens is 853 g/mol. The number of imidazole rings is 1. The lowest BCUT2D eigenvalue weighted by molar-refractivity contribution is 0.193. The fourth-order valence-corrected chi connectivity index (χ4v) is 10.5. The second kappa shape index (κ2) is 18.5. The molecule has 2 heterocycles. The van der Waals surface area contributed by atoms with Gasteiger partial charge in [0.2, 0.25) is 25.9 Å². The lowest BCUT2D eigenvalue weighted by atomic mass is 9.98. The molecule has 6 N–H and O–H groups in total. The minimum Gasteiger partial charge on any atom is -0.497 e. The van der Waals surface area contributed by atoms with Crippen LogP contribution >= 0.6 is 0 Å². The van der Waals surface area contributed by atoms with E-state index in [1.807, 2.05) is 0 Å². The number of fused-ring (bicyclic) bond motifs is 1. The van der Waals surface area contributed by atoms with Crippen molar-refractivity contribution in [2.75, 3.05) is 33.6 Å². The van der Waals surface area contributed by atoms with Crippen molar-refractivity contribution in [2.45, 2.75) is 42.4 Å². The number of ether oxygens (including phenoxy) is 3. The van der Waals surface area contributed by atoms with Crippen LogP contribution in [0, 0.1) is 0 Å². The highest BCUT2D eigenvalue weighted by atomic mass is 32.2. The van der Waals surface area contributed by atoms with Crippen molar-refractivity contribution in [3.05, 3.63) is 120 Å². The second-order valence-electron chi connectivity index (χ2n) is 14.3. The van der Waals surface area contributed by atoms with Crippen LogP contribution in [-0.2, 0) is 39.7 Å². The van der Waals surface area contributed by atoms with Gasteiger partial charge in [0.05, 0.1) is 44.5 Å². The van der Waals surface area contributed by atoms with E-state index in [2.05, 4.69) is 35.4 Å². The molecule has 0 spiro atoms. The van der Waals surface area contributed by atoms with Crippen LogP contribution in [0.1, 0.15) is 23.6 Å². The molecule has 1 amide bonds. The van der Waals surface area contributed by atoms with Crippen LogP contribution in [0.3, 0.4) is 0 Å². The Morgan fingerprint density at radius 1 is 0.810 bits per heavy atom. The summed E-state index contributed by atoms with van der Waals surface area (Å²) in [7, 11) is -5.18. The molecule has 5 aromatic carbocycles. The molecule has 0 aliphatic carbocycles. The van der Waals surface area contributed by atoms with Crippen molar-refractivity contribution in [1.29, 1.82) is 0 Å². The molecule has 1 atom stereocenters. The number of hydrogen-bond acceptors (Lipinski definition) is 13. The van der Waals surface area contributed by atoms with Gasteiger partial charge in [0.25, 0.3) is 0 Å². The number of nitrogens with two attached hydrogens (primary N) is 1. The molecule has 0 bridgehead atoms. The number of nitrogens with zero attached hydrogens (tertiary/aromatic N) is 6. The summed E-state index contributed by atoms with van der Waals surface area (Å²) in [6.07, 6.45) is -1.37. The van der Waals surface area contributed by atoms with Crippen LogP contribution in [-0.4, -0.2) is 96.4 Å². The van der Waals surface area contributed by atoms with E-state index in [1.165, 1.54) is 38.1 Å². The minimum absolute atomic E-state index is 0.0907. The van der Waals surface area contributed by atoms with Crippen LogP contribution in [0.5, 0.6) is 17.2 Å². The standard InChI is InChI=1S/C42H44N10O9S2/c1-26(22-44-42(53)54)49-62(55,56)36-21-20-33(34-6-5-7-35-38(34)46-41(43)45-35)37(40-47-50-52(48-40)25-29-12-18-32(61-4)19-13-29)39(36)63(57,58)51(23-27-8-14-30(59-2)15-9-27)24-28-10-16-31(60-3)17-11-28/h5-21,26,44,49H,22-25H2,1-4H3,(H,53,54)(H3,43,45,46). The van der Waals surface area contributed by atoms with Gasteiger partial charge in [-0.15, -0.1) is 10.2 Å². The van der Waals surface area contributed by atoms with E-state index in [-0.39, 0.29) is 49.1 Å². The summed E-state index contributed by atoms with van der Waals surface area (Å²) >= 11 is 0. The first-order valence-corrected chi connectivity index (χ1v) is 22.2. The Labute approximate surface area is 362 Å². The van der Waals surface area contributed by atoms with E-state index in [0.29, 0.717) is 45.0 Å². The number of methoxy groups -OCH3 is 3. The van der Waals surface area contributed by atoms with Gasteiger partial charge in [0.1, 0.15) is 27.0 Å². The minimum atomic E-state index is -4.96. The molecule has 0 saturated heterocycles. The molecule has 0 radical (unpaired) electrons. The van der Waals surface area contributed by atoms with Gasteiger partial charge in [0, 0.05) is 31.2 Å². The number of carboxylic acid groups (broad SMARTS) is 1. The number of sulfonamides is 2. The largest absolute Gasteiger partial charge is 0.497 e. The monoisotopic (exact) mass is 896 g/mol. The molecule has 1 unspecified atom stereocenters. The maximum absolute atomic E-state index is 15.9. The fraction of sp³-hybridized carbons (Fsp3) is 0.214. The van der Waals surface area contributed by atoms with E-state index >= 15 is 8.42 Å². The first-order valence-electron chi connectivity index (χ1n) is 19.3. The highest BCUT2D eigenvalue weighted by Crippen LogP contribution is 2.43. The number of rotatable bonds is 18. The average molecular weight is 897 g/mol. The van der Waals surface area contributed by atoms with Crippen LogP contribution in [0.15, 0.2) is 113 Å². The zero-order valence-corrected chi connectivity index (χ0v) is 36.1. The number of nitrogens with one attached hydrogen (secondary N) is 3. The van der Waals surface area contributed by atoms with Crippen LogP contribution in [0.25, 0.3) is 33.5 Å². The van der Waals surface area contributed by atoms with Gasteiger partial charge in [-0.25, -0.2) is 31.3 Å². The maximum atomic E-state index is 15.9. The Hall–Kier alpha value is -7.07. The van der Waals surface area contributed by atoms with Crippen LogP contribution in [0.4, 0.5) is 10.7 Å². The molecule has 19 nitrogen and oxygen atoms in total. The summed E-state index contributed by atoms with van der Waals surface area (Å²) in [6.45, 7) is 0.764. The number of carbonyl (C=O) groups is 1. The third-order valence-corrected chi connectivity index (χ3v) is 13.6. The predicted octanol–water partition coefficient (Wildman–Crippen LogP) is 4.87. The van der Waals surface area contributed by atoms with Crippen molar-refractivity contribution >= 4 is 43.1 Å². The zero-order chi connectivity index (χ0) is 44.9. The third kappa shape index (κ3) is 9.86. The van der Waals surface area contributed by atoms with E-state index in [1.54, 1.807) is 98.1 Å². The van der Waals surface area contributed by atoms with Crippen molar-refractivity contribution < 1.29 is 40.9 Å². The number of para-hydroxylation sites is 1. The number of aromatic nitrogens is 6. The number of aromatic amines is 1. The van der Waals surface area contributed by atoms with Gasteiger partial charge in [-0.2, -0.15) is 9.10 Å². The predicted molar refractivity (Wildman–Crippen MR) is 233 cm³/mol. The fourth-order valence-electron chi connectivity index (χ4n) is 6.89. The van der Waals surface area contributed by atoms with Gasteiger partial charge in [-0.3, -0.25) is 0 Å². The number of hydrogen-bond donors (Lipinski definition) is 5. The maximum Gasteiger partial charge on any atom is 0.404 e. The number of tetrazole rings is 1. The molecule has 0 saturated carbocycles. The van der Waals surface area contributed by atoms with E-state index in [4.69, 9.17) is 19.9 Å². The van der Waals surface area contributed by atoms with Gasteiger partial charge < -0.3 is 35.4 Å². The molecule has 0 aliphatic heterocycles. The number of anilines is 1. The highest BCUT2D eigenvalue weighted by Gasteiger charge is 2.38. The van der Waals surface area contributed by atoms with E-state index in [0.717, 1.165) is 9.87 Å². The molecule has 328 valence electrons. The Kier molecular flexibility index (Phi) is 12.9. The topological polar surface area (TPSA) is 259 Å². The SMILES string of the molecule is COc1ccc(CN(Cc2ccc(OC)cc2)S(=O)(=O)c2c(S(=O)(=O)NC(C)CNC(=O)O)ccc(-c3cccc4[nH]c(N)nc34)c2-c2nnn(Cc3ccc(OC)cc3)n2)cc1. The van der Waals surface area contributed by atoms with Gasteiger partial charge in [0.15, 0.2) is 5.95 Å². The molecule has 7 rings (SSSR count). The number of nitrogen functional groups attached to an aromatic ring is 1. The van der Waals surface area contributed by atoms with Gasteiger partial charge >= 0.3 is 6.09 Å². The zero-order valence-electron chi connectivity index (χ0n) is 34.5. The second-order valence-corrected chi connectivity index (χ2v) is 17.9. The number of amides is 1. The van der Waals surface area contributed by atoms with E-state index in [9.17, 15) is 18.3 Å². The molecule has 7 aromatic rings. The third-order valence-electron chi connectivity index (χ3n) is 9.94. The summed E-state index contributed by atoms with van der Waals surface area (Å²) in [5, 5.41) is 24.7. The summed E-state index contributed by atoms with van der Waals surface area (Å²) < 4.78 is 80.8. The Morgan fingerprint density at radius 3 is 1.94 bits per heavy atom. The smallest absolute Gasteiger partial charge is 0.404 e. The van der Waals surface area contributed by atoms with Gasteiger partial charge in [-0.05, 0) is 82.9 Å². The Bertz CT molecular complexity index is 2910. The molecular formula is C42H44N10O9S2. The van der Waals surface area contributed by atoms with Crippen LogP contribution < -0.4 is 30.0 Å². The molecule has 0 aliphatic rings. The number of H-pyrrole nitrogens is 1. The van der Waals surface area contributed by atoms with Crippen molar-refractivity contribution in [3.63, 3.8) is 0 Å². The molecule has 63 heavy (non-hydrogen) atoms. The van der Waals surface area contributed by atoms with E-state index < -0.39 is 42.0 Å². The Balaban J connectivity index is 1.50. The normalized spacial score (nSPS) is 12.3. The first kappa shape index (κ1) is 44.0. The summed E-state index contributed by atoms with van der Waals surface area (Å²) in [6, 6.07) is 27.5. The summed E-state index contributed by atoms with van der Waals surface area (Å²) in [5.74, 6) is 1.59. The van der Waals surface area contributed by atoms with Crippen molar-refractivity contribution in [1.82, 2.24) is 44.5 Å². The first-order chi connectivity index (χ1) is 30.2. The highest BCUT2D eigenvalue weighted by molar-refractivity contribution is 7.92. The average Bonchev–Trinajstić information content (AvgIpc) is 3.91. The van der Waals surface area contributed by atoms with Gasteiger partial charge in [-0.1, -0.05) is 54.6 Å². The molecule has 0 fully saturated rings. The van der Waals surface area contributed by atoms with Crippen molar-refractivity contribution in [3.8, 4) is 39.8 Å². The molecule has 2 aromatic heterocycles. The lowest BCUT2D eigenvalue weighted by Crippen LogP contribution is -2.42. The number of benzene rings is 5. The molecule has 21 heteroatoms.